The fourth-order valence-electron chi connectivity index (χ4n) is 1.02. The van der Waals surface area contributed by atoms with Gasteiger partial charge in [-0.1, -0.05) is 12.0 Å². The average molecular weight is 235 g/mol. The highest BCUT2D eigenvalue weighted by Crippen LogP contribution is 2.23. The van der Waals surface area contributed by atoms with Crippen molar-refractivity contribution < 1.29 is 9.53 Å². The minimum absolute atomic E-state index is 0.168. The second-order valence-electron chi connectivity index (χ2n) is 3.10. The Morgan fingerprint density at radius 3 is 3.00 bits per heavy atom. The first kappa shape index (κ1) is 12.5. The molecule has 1 N–H and O–H groups in total. The summed E-state index contributed by atoms with van der Waals surface area (Å²) in [6.45, 7) is 1.75. The monoisotopic (exact) mass is 235 g/mol. The number of thioether (sulfide) groups is 1. The molecule has 1 unspecified atom stereocenters. The van der Waals surface area contributed by atoms with Crippen molar-refractivity contribution in [1.29, 1.82) is 0 Å². The Balaban J connectivity index is 2.59. The predicted molar refractivity (Wildman–Crippen MR) is 65.7 cm³/mol. The summed E-state index contributed by atoms with van der Waals surface area (Å²) < 4.78 is 5.06. The quantitative estimate of drug-likeness (QED) is 0.646. The van der Waals surface area contributed by atoms with Gasteiger partial charge in [0.2, 0.25) is 0 Å². The van der Waals surface area contributed by atoms with E-state index in [2.05, 4.69) is 11.2 Å². The molecule has 1 aromatic carbocycles. The summed E-state index contributed by atoms with van der Waals surface area (Å²) in [5.41, 5.74) is 0. The van der Waals surface area contributed by atoms with E-state index in [1.54, 1.807) is 20.1 Å². The number of methoxy groups -OCH3 is 1. The van der Waals surface area contributed by atoms with Crippen LogP contribution in [0.3, 0.4) is 0 Å². The van der Waals surface area contributed by atoms with E-state index in [0.29, 0.717) is 0 Å². The molecule has 1 rings (SSSR count). The lowest BCUT2D eigenvalue weighted by atomic mass is 10.3. The molecule has 1 atom stereocenters. The second kappa shape index (κ2) is 6.09. The lowest BCUT2D eigenvalue weighted by Gasteiger charge is -2.07. The summed E-state index contributed by atoms with van der Waals surface area (Å²) >= 11 is 1.09. The molecule has 3 nitrogen and oxygen atoms in total. The average Bonchev–Trinajstić information content (AvgIpc) is 2.28. The van der Waals surface area contributed by atoms with E-state index >= 15 is 0 Å². The van der Waals surface area contributed by atoms with Crippen molar-refractivity contribution in [2.45, 2.75) is 17.9 Å². The summed E-state index contributed by atoms with van der Waals surface area (Å²) in [6.07, 6.45) is 5.17. The van der Waals surface area contributed by atoms with Crippen LogP contribution in [0.25, 0.3) is 0 Å². The zero-order valence-electron chi connectivity index (χ0n) is 9.19. The van der Waals surface area contributed by atoms with Gasteiger partial charge in [-0.3, -0.25) is 4.79 Å². The first-order valence-corrected chi connectivity index (χ1v) is 5.56. The minimum atomic E-state index is -0.259. The summed E-state index contributed by atoms with van der Waals surface area (Å²) in [5.74, 6) is 3.16. The van der Waals surface area contributed by atoms with Gasteiger partial charge in [0.25, 0.3) is 5.24 Å². The van der Waals surface area contributed by atoms with Crippen molar-refractivity contribution >= 4 is 17.0 Å². The molecule has 0 saturated carbocycles. The van der Waals surface area contributed by atoms with Gasteiger partial charge in [0.1, 0.15) is 5.75 Å². The standard InChI is InChI=1S/C12H13NO2S/c1-4-9(2)13-12(14)16-11-7-5-6-10(8-11)15-3/h1,5-9H,2-3H3,(H,13,14). The van der Waals surface area contributed by atoms with Crippen LogP contribution in [0.2, 0.25) is 0 Å². The number of rotatable bonds is 3. The van der Waals surface area contributed by atoms with Crippen LogP contribution in [0.15, 0.2) is 29.2 Å². The van der Waals surface area contributed by atoms with Gasteiger partial charge < -0.3 is 10.1 Å². The zero-order chi connectivity index (χ0) is 12.0. The van der Waals surface area contributed by atoms with Crippen LogP contribution >= 0.6 is 11.8 Å². The van der Waals surface area contributed by atoms with Crippen molar-refractivity contribution in [1.82, 2.24) is 5.32 Å². The van der Waals surface area contributed by atoms with E-state index in [0.717, 1.165) is 22.4 Å². The molecule has 0 aromatic heterocycles. The lowest BCUT2D eigenvalue weighted by molar-refractivity contribution is 0.260. The molecule has 1 amide bonds. The number of hydrogen-bond acceptors (Lipinski definition) is 3. The largest absolute Gasteiger partial charge is 0.497 e. The van der Waals surface area contributed by atoms with Gasteiger partial charge in [-0.05, 0) is 36.9 Å². The van der Waals surface area contributed by atoms with Gasteiger partial charge in [-0.25, -0.2) is 0 Å². The lowest BCUT2D eigenvalue weighted by Crippen LogP contribution is -2.27. The molecule has 84 valence electrons. The topological polar surface area (TPSA) is 38.3 Å². The normalized spacial score (nSPS) is 11.3. The molecule has 0 spiro atoms. The number of carbonyl (C=O) groups excluding carboxylic acids is 1. The van der Waals surface area contributed by atoms with Gasteiger partial charge in [0.15, 0.2) is 0 Å². The third-order valence-corrected chi connectivity index (χ3v) is 2.63. The Hall–Kier alpha value is -1.60. The van der Waals surface area contributed by atoms with Crippen LogP contribution in [0, 0.1) is 12.3 Å². The van der Waals surface area contributed by atoms with E-state index in [-0.39, 0.29) is 11.3 Å². The number of nitrogens with one attached hydrogen (secondary N) is 1. The van der Waals surface area contributed by atoms with Gasteiger partial charge >= 0.3 is 0 Å². The highest BCUT2D eigenvalue weighted by atomic mass is 32.2. The molecule has 0 bridgehead atoms. The van der Waals surface area contributed by atoms with E-state index in [1.807, 2.05) is 18.2 Å². The van der Waals surface area contributed by atoms with E-state index in [4.69, 9.17) is 11.2 Å². The molecule has 16 heavy (non-hydrogen) atoms. The van der Waals surface area contributed by atoms with E-state index < -0.39 is 0 Å². The molecule has 0 saturated heterocycles. The third-order valence-electron chi connectivity index (χ3n) is 1.84. The maximum absolute atomic E-state index is 11.5. The van der Waals surface area contributed by atoms with E-state index in [1.165, 1.54) is 0 Å². The molecule has 0 aliphatic heterocycles. The molecule has 0 radical (unpaired) electrons. The maximum Gasteiger partial charge on any atom is 0.284 e. The maximum atomic E-state index is 11.5. The molecule has 0 heterocycles. The second-order valence-corrected chi connectivity index (χ2v) is 4.15. The van der Waals surface area contributed by atoms with Crippen LogP contribution in [-0.2, 0) is 0 Å². The zero-order valence-corrected chi connectivity index (χ0v) is 10.0. The van der Waals surface area contributed by atoms with Gasteiger partial charge in [0.05, 0.1) is 13.2 Å². The molecule has 4 heteroatoms. The summed E-state index contributed by atoms with van der Waals surface area (Å²) in [5, 5.41) is 2.49. The Labute approximate surface area is 99.6 Å². The van der Waals surface area contributed by atoms with Crippen molar-refractivity contribution in [2.24, 2.45) is 0 Å². The van der Waals surface area contributed by atoms with Crippen molar-refractivity contribution in [2.75, 3.05) is 7.11 Å². The molecule has 0 fully saturated rings. The van der Waals surface area contributed by atoms with Gasteiger partial charge in [-0.2, -0.15) is 0 Å². The van der Waals surface area contributed by atoms with Crippen molar-refractivity contribution in [3.8, 4) is 18.1 Å². The number of carbonyl (C=O) groups is 1. The number of benzene rings is 1. The smallest absolute Gasteiger partial charge is 0.284 e. The first-order chi connectivity index (χ1) is 7.65. The molecule has 0 aliphatic carbocycles. The molecular weight excluding hydrogens is 222 g/mol. The molecule has 0 aliphatic rings. The van der Waals surface area contributed by atoms with Crippen molar-refractivity contribution in [3.63, 3.8) is 0 Å². The first-order valence-electron chi connectivity index (χ1n) is 4.74. The fraction of sp³-hybridized carbons (Fsp3) is 0.250. The van der Waals surface area contributed by atoms with Crippen LogP contribution in [-0.4, -0.2) is 18.4 Å². The van der Waals surface area contributed by atoms with Crippen LogP contribution < -0.4 is 10.1 Å². The summed E-state index contributed by atoms with van der Waals surface area (Å²) in [7, 11) is 1.59. The summed E-state index contributed by atoms with van der Waals surface area (Å²) in [6, 6.07) is 7.04. The van der Waals surface area contributed by atoms with Crippen LogP contribution in [0.5, 0.6) is 5.75 Å². The Bertz CT molecular complexity index is 412. The summed E-state index contributed by atoms with van der Waals surface area (Å²) in [4.78, 5) is 12.3. The highest BCUT2D eigenvalue weighted by Gasteiger charge is 2.07. The van der Waals surface area contributed by atoms with Gasteiger partial charge in [-0.15, -0.1) is 6.42 Å². The van der Waals surface area contributed by atoms with E-state index in [9.17, 15) is 4.79 Å². The Kier molecular flexibility index (Phi) is 4.74. The van der Waals surface area contributed by atoms with Crippen LogP contribution in [0.4, 0.5) is 4.79 Å². The Morgan fingerprint density at radius 2 is 2.38 bits per heavy atom. The van der Waals surface area contributed by atoms with Crippen molar-refractivity contribution in [3.05, 3.63) is 24.3 Å². The highest BCUT2D eigenvalue weighted by molar-refractivity contribution is 8.13. The molecular formula is C12H13NO2S. The predicted octanol–water partition coefficient (Wildman–Crippen LogP) is 2.52. The van der Waals surface area contributed by atoms with Gasteiger partial charge in [0, 0.05) is 4.90 Å². The number of hydrogen-bond donors (Lipinski definition) is 1. The Morgan fingerprint density at radius 1 is 1.62 bits per heavy atom. The SMILES string of the molecule is C#CC(C)NC(=O)Sc1cccc(OC)c1. The fourth-order valence-corrected chi connectivity index (χ4v) is 1.79. The van der Waals surface area contributed by atoms with Crippen LogP contribution in [0.1, 0.15) is 6.92 Å². The number of amides is 1. The number of ether oxygens (including phenoxy) is 1. The molecule has 1 aromatic rings. The minimum Gasteiger partial charge on any atom is -0.497 e. The number of terminal acetylenes is 1. The third kappa shape index (κ3) is 3.87.